The first-order chi connectivity index (χ1) is 12.2. The molecule has 2 aliphatic rings. The van der Waals surface area contributed by atoms with E-state index in [9.17, 15) is 9.59 Å². The molecule has 0 atom stereocenters. The van der Waals surface area contributed by atoms with Gasteiger partial charge in [-0.1, -0.05) is 25.0 Å². The van der Waals surface area contributed by atoms with Gasteiger partial charge in [0, 0.05) is 18.8 Å². The van der Waals surface area contributed by atoms with E-state index in [-0.39, 0.29) is 11.8 Å². The summed E-state index contributed by atoms with van der Waals surface area (Å²) in [5, 5.41) is 2.90. The summed E-state index contributed by atoms with van der Waals surface area (Å²) in [4.78, 5) is 28.0. The lowest BCUT2D eigenvalue weighted by atomic mass is 10.1. The number of likely N-dealkylation sites (tertiary alicyclic amines) is 1. The molecule has 0 unspecified atom stereocenters. The van der Waals surface area contributed by atoms with Crippen LogP contribution in [0.15, 0.2) is 34.9 Å². The van der Waals surface area contributed by atoms with Crippen LogP contribution in [0.5, 0.6) is 0 Å². The molecule has 134 valence electrons. The molecular weight excluding hydrogens is 336 g/mol. The number of thioether (sulfide) groups is 1. The molecule has 3 rings (SSSR count). The predicted molar refractivity (Wildman–Crippen MR) is 101 cm³/mol. The van der Waals surface area contributed by atoms with E-state index < -0.39 is 0 Å². The van der Waals surface area contributed by atoms with Crippen LogP contribution in [0.25, 0.3) is 0 Å². The standard InChI is InChI=1S/C19H24N2O3S/c1-14-17(25-13-12-24-14)18(22)20-16-9-5-4-8-15(16)19(23)21-10-6-2-3-7-11-21/h4-5,8-9H,2-3,6-7,10-13H2,1H3,(H,20,22). The van der Waals surface area contributed by atoms with Gasteiger partial charge in [0.25, 0.3) is 11.8 Å². The number of benzene rings is 1. The summed E-state index contributed by atoms with van der Waals surface area (Å²) in [6, 6.07) is 7.24. The topological polar surface area (TPSA) is 58.6 Å². The van der Waals surface area contributed by atoms with Crippen LogP contribution in [0.2, 0.25) is 0 Å². The number of carbonyl (C=O) groups excluding carboxylic acids is 2. The lowest BCUT2D eigenvalue weighted by molar-refractivity contribution is -0.112. The molecule has 25 heavy (non-hydrogen) atoms. The molecule has 0 radical (unpaired) electrons. The maximum atomic E-state index is 12.9. The number of nitrogens with zero attached hydrogens (tertiary/aromatic N) is 1. The molecule has 1 fully saturated rings. The molecule has 1 N–H and O–H groups in total. The predicted octanol–water partition coefficient (Wildman–Crippen LogP) is 3.64. The molecule has 0 aromatic heterocycles. The number of hydrogen-bond donors (Lipinski definition) is 1. The number of para-hydroxylation sites is 1. The van der Waals surface area contributed by atoms with E-state index in [0.717, 1.165) is 31.7 Å². The van der Waals surface area contributed by atoms with Gasteiger partial charge >= 0.3 is 0 Å². The molecule has 0 bridgehead atoms. The van der Waals surface area contributed by atoms with Gasteiger partial charge in [0.1, 0.15) is 10.7 Å². The molecule has 0 saturated carbocycles. The normalized spacial score (nSPS) is 18.4. The summed E-state index contributed by atoms with van der Waals surface area (Å²) in [5.41, 5.74) is 1.12. The lowest BCUT2D eigenvalue weighted by Crippen LogP contribution is -2.32. The summed E-state index contributed by atoms with van der Waals surface area (Å²) < 4.78 is 5.46. The molecule has 0 spiro atoms. The van der Waals surface area contributed by atoms with E-state index in [4.69, 9.17) is 4.74 Å². The van der Waals surface area contributed by atoms with Crippen LogP contribution in [0, 0.1) is 0 Å². The van der Waals surface area contributed by atoms with Crippen LogP contribution in [0.4, 0.5) is 5.69 Å². The summed E-state index contributed by atoms with van der Waals surface area (Å²) in [6.07, 6.45) is 4.43. The maximum Gasteiger partial charge on any atom is 0.265 e. The van der Waals surface area contributed by atoms with Gasteiger partial charge in [-0.15, -0.1) is 11.8 Å². The van der Waals surface area contributed by atoms with Gasteiger partial charge in [-0.25, -0.2) is 0 Å². The maximum absolute atomic E-state index is 12.9. The minimum absolute atomic E-state index is 0.00366. The summed E-state index contributed by atoms with van der Waals surface area (Å²) in [6.45, 7) is 4.00. The molecule has 5 nitrogen and oxygen atoms in total. The van der Waals surface area contributed by atoms with Crippen LogP contribution in [-0.4, -0.2) is 42.2 Å². The van der Waals surface area contributed by atoms with Crippen molar-refractivity contribution in [3.63, 3.8) is 0 Å². The van der Waals surface area contributed by atoms with E-state index in [1.807, 2.05) is 17.0 Å². The van der Waals surface area contributed by atoms with Crippen molar-refractivity contribution in [2.45, 2.75) is 32.6 Å². The van der Waals surface area contributed by atoms with Crippen LogP contribution in [-0.2, 0) is 9.53 Å². The SMILES string of the molecule is CC1=C(C(=O)Nc2ccccc2C(=O)N2CCCCCC2)SCCO1. The highest BCUT2D eigenvalue weighted by Crippen LogP contribution is 2.28. The fourth-order valence-corrected chi connectivity index (χ4v) is 3.95. The summed E-state index contributed by atoms with van der Waals surface area (Å²) in [7, 11) is 0. The number of ether oxygens (including phenoxy) is 1. The highest BCUT2D eigenvalue weighted by atomic mass is 32.2. The third-order valence-corrected chi connectivity index (χ3v) is 5.61. The van der Waals surface area contributed by atoms with Gasteiger partial charge in [-0.2, -0.15) is 0 Å². The molecule has 1 saturated heterocycles. The first kappa shape index (κ1) is 17.9. The Balaban J connectivity index is 1.78. The number of carbonyl (C=O) groups is 2. The number of rotatable bonds is 3. The third-order valence-electron chi connectivity index (χ3n) is 4.47. The van der Waals surface area contributed by atoms with Crippen molar-refractivity contribution < 1.29 is 14.3 Å². The Kier molecular flexibility index (Phi) is 6.02. The first-order valence-electron chi connectivity index (χ1n) is 8.83. The molecule has 1 aromatic rings. The van der Waals surface area contributed by atoms with Gasteiger partial charge in [-0.3, -0.25) is 9.59 Å². The highest BCUT2D eigenvalue weighted by Gasteiger charge is 2.23. The summed E-state index contributed by atoms with van der Waals surface area (Å²) in [5.74, 6) is 1.19. The zero-order valence-electron chi connectivity index (χ0n) is 14.5. The second-order valence-electron chi connectivity index (χ2n) is 6.29. The first-order valence-corrected chi connectivity index (χ1v) is 9.81. The zero-order valence-corrected chi connectivity index (χ0v) is 15.4. The molecule has 1 aromatic carbocycles. The Morgan fingerprint density at radius 2 is 1.84 bits per heavy atom. The van der Waals surface area contributed by atoms with Crippen molar-refractivity contribution in [2.24, 2.45) is 0 Å². The van der Waals surface area contributed by atoms with Crippen LogP contribution in [0.3, 0.4) is 0 Å². The molecule has 2 amide bonds. The second-order valence-corrected chi connectivity index (χ2v) is 7.39. The fraction of sp³-hybridized carbons (Fsp3) is 0.474. The van der Waals surface area contributed by atoms with E-state index in [1.165, 1.54) is 24.6 Å². The van der Waals surface area contributed by atoms with E-state index in [0.29, 0.717) is 28.5 Å². The van der Waals surface area contributed by atoms with Gasteiger partial charge in [0.15, 0.2) is 0 Å². The average molecular weight is 360 g/mol. The van der Waals surface area contributed by atoms with Gasteiger partial charge in [-0.05, 0) is 31.9 Å². The van der Waals surface area contributed by atoms with Crippen molar-refractivity contribution in [1.82, 2.24) is 4.90 Å². The number of allylic oxidation sites excluding steroid dienone is 1. The number of nitrogens with one attached hydrogen (secondary N) is 1. The number of hydrogen-bond acceptors (Lipinski definition) is 4. The molecule has 6 heteroatoms. The highest BCUT2D eigenvalue weighted by molar-refractivity contribution is 8.04. The Labute approximate surface area is 152 Å². The van der Waals surface area contributed by atoms with E-state index in [2.05, 4.69) is 5.32 Å². The van der Waals surface area contributed by atoms with Crippen molar-refractivity contribution in [3.05, 3.63) is 40.5 Å². The van der Waals surface area contributed by atoms with E-state index in [1.54, 1.807) is 19.1 Å². The van der Waals surface area contributed by atoms with Crippen LogP contribution < -0.4 is 5.32 Å². The number of anilines is 1. The Hall–Kier alpha value is -1.95. The van der Waals surface area contributed by atoms with Crippen molar-refractivity contribution >= 4 is 29.3 Å². The minimum Gasteiger partial charge on any atom is -0.496 e. The Bertz CT molecular complexity index is 679. The molecule has 2 heterocycles. The quantitative estimate of drug-likeness (QED) is 0.894. The van der Waals surface area contributed by atoms with Crippen LogP contribution in [0.1, 0.15) is 43.0 Å². The van der Waals surface area contributed by atoms with Gasteiger partial charge in [0.05, 0.1) is 17.9 Å². The zero-order chi connectivity index (χ0) is 17.6. The largest absolute Gasteiger partial charge is 0.496 e. The smallest absolute Gasteiger partial charge is 0.265 e. The molecule has 0 aliphatic carbocycles. The lowest BCUT2D eigenvalue weighted by Gasteiger charge is -2.22. The average Bonchev–Trinajstić information content (AvgIpc) is 2.91. The summed E-state index contributed by atoms with van der Waals surface area (Å²) >= 11 is 1.49. The van der Waals surface area contributed by atoms with Crippen molar-refractivity contribution in [3.8, 4) is 0 Å². The molecule has 2 aliphatic heterocycles. The monoisotopic (exact) mass is 360 g/mol. The Morgan fingerprint density at radius 3 is 2.56 bits per heavy atom. The fourth-order valence-electron chi connectivity index (χ4n) is 3.13. The Morgan fingerprint density at radius 1 is 1.12 bits per heavy atom. The number of amides is 2. The molecular formula is C19H24N2O3S. The van der Waals surface area contributed by atoms with Gasteiger partial charge in [0.2, 0.25) is 0 Å². The van der Waals surface area contributed by atoms with E-state index >= 15 is 0 Å². The van der Waals surface area contributed by atoms with Crippen molar-refractivity contribution in [2.75, 3.05) is 30.8 Å². The third kappa shape index (κ3) is 4.37. The van der Waals surface area contributed by atoms with Crippen molar-refractivity contribution in [1.29, 1.82) is 0 Å². The second kappa shape index (κ2) is 8.43. The minimum atomic E-state index is -0.210. The van der Waals surface area contributed by atoms with Crippen LogP contribution >= 0.6 is 11.8 Å². The van der Waals surface area contributed by atoms with Gasteiger partial charge < -0.3 is 15.0 Å².